The van der Waals surface area contributed by atoms with Crippen molar-refractivity contribution in [3.63, 3.8) is 0 Å². The molecule has 1 aliphatic rings. The summed E-state index contributed by atoms with van der Waals surface area (Å²) in [5.41, 5.74) is 0.985. The minimum Gasteiger partial charge on any atom is -0.356 e. The standard InChI is InChI=1S/C14H20ClN5/c1-3-4-11-5-7-19(8-6-11)13-10(2)12(15)18-14-16-9-17-20(13)14/h9,11H,3-8H2,1-2H3. The summed E-state index contributed by atoms with van der Waals surface area (Å²) in [6, 6.07) is 0. The number of piperidine rings is 1. The smallest absolute Gasteiger partial charge is 0.255 e. The Morgan fingerprint density at radius 2 is 2.10 bits per heavy atom. The fourth-order valence-electron chi connectivity index (χ4n) is 3.10. The summed E-state index contributed by atoms with van der Waals surface area (Å²) in [5.74, 6) is 2.49. The van der Waals surface area contributed by atoms with Gasteiger partial charge in [0.25, 0.3) is 5.78 Å². The number of halogens is 1. The van der Waals surface area contributed by atoms with Crippen molar-refractivity contribution in [2.24, 2.45) is 5.92 Å². The molecule has 5 nitrogen and oxygen atoms in total. The molecule has 6 heteroatoms. The van der Waals surface area contributed by atoms with Crippen molar-refractivity contribution in [3.05, 3.63) is 17.0 Å². The minimum atomic E-state index is 0.524. The van der Waals surface area contributed by atoms with E-state index in [1.165, 1.54) is 32.0 Å². The summed E-state index contributed by atoms with van der Waals surface area (Å²) < 4.78 is 1.81. The monoisotopic (exact) mass is 293 g/mol. The van der Waals surface area contributed by atoms with Gasteiger partial charge < -0.3 is 4.90 Å². The van der Waals surface area contributed by atoms with Gasteiger partial charge in [0.2, 0.25) is 0 Å². The molecule has 0 spiro atoms. The number of rotatable bonds is 3. The first-order valence-corrected chi connectivity index (χ1v) is 7.69. The van der Waals surface area contributed by atoms with Crippen LogP contribution in [0.4, 0.5) is 5.82 Å². The number of aromatic nitrogens is 4. The molecular formula is C14H20ClN5. The molecule has 0 atom stereocenters. The van der Waals surface area contributed by atoms with Crippen LogP contribution in [0, 0.1) is 12.8 Å². The molecule has 0 aromatic carbocycles. The maximum atomic E-state index is 6.23. The van der Waals surface area contributed by atoms with Crippen LogP contribution in [-0.2, 0) is 0 Å². The zero-order valence-corrected chi connectivity index (χ0v) is 12.8. The third-order valence-corrected chi connectivity index (χ3v) is 4.55. The Balaban J connectivity index is 1.91. The van der Waals surface area contributed by atoms with Crippen molar-refractivity contribution in [1.29, 1.82) is 0 Å². The molecule has 0 N–H and O–H groups in total. The molecular weight excluding hydrogens is 274 g/mol. The Kier molecular flexibility index (Phi) is 3.78. The summed E-state index contributed by atoms with van der Waals surface area (Å²) in [4.78, 5) is 10.8. The van der Waals surface area contributed by atoms with Gasteiger partial charge in [-0.2, -0.15) is 19.6 Å². The van der Waals surface area contributed by atoms with Crippen molar-refractivity contribution in [1.82, 2.24) is 19.6 Å². The Morgan fingerprint density at radius 3 is 2.80 bits per heavy atom. The van der Waals surface area contributed by atoms with E-state index in [1.54, 1.807) is 4.52 Å². The van der Waals surface area contributed by atoms with Crippen LogP contribution in [0.3, 0.4) is 0 Å². The zero-order valence-electron chi connectivity index (χ0n) is 12.0. The number of fused-ring (bicyclic) bond motifs is 1. The Labute approximate surface area is 124 Å². The summed E-state index contributed by atoms with van der Waals surface area (Å²) in [6.45, 7) is 6.38. The van der Waals surface area contributed by atoms with Crippen LogP contribution in [0.1, 0.15) is 38.2 Å². The Hall–Kier alpha value is -1.36. The van der Waals surface area contributed by atoms with Gasteiger partial charge in [-0.3, -0.25) is 0 Å². The van der Waals surface area contributed by atoms with Gasteiger partial charge in [-0.05, 0) is 25.7 Å². The van der Waals surface area contributed by atoms with Crippen LogP contribution in [-0.4, -0.2) is 32.7 Å². The van der Waals surface area contributed by atoms with Crippen LogP contribution in [0.5, 0.6) is 0 Å². The molecule has 0 amide bonds. The maximum absolute atomic E-state index is 6.23. The van der Waals surface area contributed by atoms with Crippen LogP contribution < -0.4 is 4.90 Å². The lowest BCUT2D eigenvalue weighted by molar-refractivity contribution is 0.376. The van der Waals surface area contributed by atoms with E-state index in [2.05, 4.69) is 26.9 Å². The minimum absolute atomic E-state index is 0.524. The first-order valence-electron chi connectivity index (χ1n) is 7.31. The van der Waals surface area contributed by atoms with Crippen LogP contribution in [0.25, 0.3) is 5.78 Å². The molecule has 1 saturated heterocycles. The largest absolute Gasteiger partial charge is 0.356 e. The molecule has 3 heterocycles. The molecule has 20 heavy (non-hydrogen) atoms. The molecule has 1 aliphatic heterocycles. The average molecular weight is 294 g/mol. The Bertz CT molecular complexity index is 601. The molecule has 3 rings (SSSR count). The lowest BCUT2D eigenvalue weighted by atomic mass is 9.92. The SMILES string of the molecule is CCCC1CCN(c2c(C)c(Cl)nc3ncnn23)CC1. The second-order valence-electron chi connectivity index (χ2n) is 5.54. The van der Waals surface area contributed by atoms with Gasteiger partial charge in [-0.15, -0.1) is 0 Å². The van der Waals surface area contributed by atoms with E-state index in [4.69, 9.17) is 11.6 Å². The van der Waals surface area contributed by atoms with Crippen molar-refractivity contribution >= 4 is 23.2 Å². The highest BCUT2D eigenvalue weighted by Crippen LogP contribution is 2.30. The van der Waals surface area contributed by atoms with Crippen molar-refractivity contribution in [2.45, 2.75) is 39.5 Å². The van der Waals surface area contributed by atoms with Gasteiger partial charge >= 0.3 is 0 Å². The lowest BCUT2D eigenvalue weighted by Crippen LogP contribution is -2.35. The molecule has 0 aliphatic carbocycles. The van der Waals surface area contributed by atoms with E-state index in [0.29, 0.717) is 10.9 Å². The van der Waals surface area contributed by atoms with Gasteiger partial charge in [-0.25, -0.2) is 0 Å². The molecule has 0 radical (unpaired) electrons. The van der Waals surface area contributed by atoms with Crippen LogP contribution >= 0.6 is 11.6 Å². The maximum Gasteiger partial charge on any atom is 0.255 e. The van der Waals surface area contributed by atoms with Crippen LogP contribution in [0.15, 0.2) is 6.33 Å². The van der Waals surface area contributed by atoms with Crippen molar-refractivity contribution in [3.8, 4) is 0 Å². The highest BCUT2D eigenvalue weighted by atomic mass is 35.5. The van der Waals surface area contributed by atoms with E-state index in [-0.39, 0.29) is 0 Å². The third kappa shape index (κ3) is 2.35. The van der Waals surface area contributed by atoms with Gasteiger partial charge in [-0.1, -0.05) is 31.4 Å². The van der Waals surface area contributed by atoms with E-state index in [0.717, 1.165) is 30.4 Å². The molecule has 1 fully saturated rings. The third-order valence-electron chi connectivity index (χ3n) is 4.18. The first kappa shape index (κ1) is 13.6. The summed E-state index contributed by atoms with van der Waals surface area (Å²) in [5, 5.41) is 4.82. The Morgan fingerprint density at radius 1 is 1.35 bits per heavy atom. The topological polar surface area (TPSA) is 46.3 Å². The average Bonchev–Trinajstić information content (AvgIpc) is 2.89. The predicted octanol–water partition coefficient (Wildman–Crippen LogP) is 3.10. The zero-order chi connectivity index (χ0) is 14.1. The normalized spacial score (nSPS) is 17.1. The predicted molar refractivity (Wildman–Crippen MR) is 80.4 cm³/mol. The molecule has 0 unspecified atom stereocenters. The van der Waals surface area contributed by atoms with Crippen molar-refractivity contribution < 1.29 is 0 Å². The number of hydrogen-bond donors (Lipinski definition) is 0. The van der Waals surface area contributed by atoms with Crippen LogP contribution in [0.2, 0.25) is 5.15 Å². The van der Waals surface area contributed by atoms with Gasteiger partial charge in [0.1, 0.15) is 17.3 Å². The highest BCUT2D eigenvalue weighted by molar-refractivity contribution is 6.30. The molecule has 2 aromatic rings. The number of anilines is 1. The van der Waals surface area contributed by atoms with Gasteiger partial charge in [0.15, 0.2) is 0 Å². The van der Waals surface area contributed by atoms with Gasteiger partial charge in [0, 0.05) is 18.7 Å². The quantitative estimate of drug-likeness (QED) is 0.816. The fraction of sp³-hybridized carbons (Fsp3) is 0.643. The van der Waals surface area contributed by atoms with E-state index < -0.39 is 0 Å². The molecule has 2 aromatic heterocycles. The summed E-state index contributed by atoms with van der Waals surface area (Å²) in [7, 11) is 0. The second-order valence-corrected chi connectivity index (χ2v) is 5.90. The van der Waals surface area contributed by atoms with E-state index >= 15 is 0 Å². The summed E-state index contributed by atoms with van der Waals surface area (Å²) >= 11 is 6.23. The highest BCUT2D eigenvalue weighted by Gasteiger charge is 2.23. The number of hydrogen-bond acceptors (Lipinski definition) is 4. The number of nitrogens with zero attached hydrogens (tertiary/aromatic N) is 5. The van der Waals surface area contributed by atoms with E-state index in [1.807, 2.05) is 6.92 Å². The molecule has 108 valence electrons. The molecule has 0 saturated carbocycles. The lowest BCUT2D eigenvalue weighted by Gasteiger charge is -2.34. The fourth-order valence-corrected chi connectivity index (χ4v) is 3.26. The summed E-state index contributed by atoms with van der Waals surface area (Å²) in [6.07, 6.45) is 6.62. The molecule has 0 bridgehead atoms. The first-order chi connectivity index (χ1) is 9.70. The van der Waals surface area contributed by atoms with Gasteiger partial charge in [0.05, 0.1) is 0 Å². The van der Waals surface area contributed by atoms with Crippen molar-refractivity contribution in [2.75, 3.05) is 18.0 Å². The van der Waals surface area contributed by atoms with E-state index in [9.17, 15) is 0 Å². The second kappa shape index (κ2) is 5.56.